The van der Waals surface area contributed by atoms with Crippen molar-refractivity contribution in [3.63, 3.8) is 0 Å². The molecule has 6 rings (SSSR count). The number of aromatic nitrogens is 2. The first kappa shape index (κ1) is 26.1. The van der Waals surface area contributed by atoms with E-state index in [1.54, 1.807) is 4.90 Å². The molecule has 0 radical (unpaired) electrons. The predicted octanol–water partition coefficient (Wildman–Crippen LogP) is 5.20. The van der Waals surface area contributed by atoms with Gasteiger partial charge >= 0.3 is 6.36 Å². The summed E-state index contributed by atoms with van der Waals surface area (Å²) in [6.07, 6.45) is -0.414. The SMILES string of the molecule is CN1C2COCC1CC(c1cc3c(C4CCN(C(=O)c5ccc(OC(F)(F)F)cc5)CC4)c(F)cnc3[nH]1)C2. The number of likely N-dealkylation sites (tertiary alicyclic amines) is 1. The molecule has 3 fully saturated rings. The van der Waals surface area contributed by atoms with Crippen LogP contribution in [0, 0.1) is 5.82 Å². The number of H-pyrrole nitrogens is 1. The number of hydrogen-bond acceptors (Lipinski definition) is 5. The summed E-state index contributed by atoms with van der Waals surface area (Å²) in [5.74, 6) is -0.731. The van der Waals surface area contributed by atoms with Gasteiger partial charge in [0, 0.05) is 53.3 Å². The van der Waals surface area contributed by atoms with Crippen LogP contribution in [-0.4, -0.2) is 77.5 Å². The number of carbonyl (C=O) groups excluding carboxylic acids is 1. The fourth-order valence-corrected chi connectivity index (χ4v) is 6.43. The molecule has 5 heterocycles. The molecular weight excluding hydrogens is 516 g/mol. The van der Waals surface area contributed by atoms with Crippen molar-refractivity contribution in [1.29, 1.82) is 0 Å². The highest BCUT2D eigenvalue weighted by atomic mass is 19.4. The maximum atomic E-state index is 15.2. The summed E-state index contributed by atoms with van der Waals surface area (Å²) in [5, 5.41) is 0.801. The highest BCUT2D eigenvalue weighted by molar-refractivity contribution is 5.94. The molecule has 2 atom stereocenters. The molecule has 1 aromatic carbocycles. The van der Waals surface area contributed by atoms with Crippen molar-refractivity contribution in [3.05, 3.63) is 59.2 Å². The number of amides is 1. The van der Waals surface area contributed by atoms with Crippen LogP contribution in [0.5, 0.6) is 5.75 Å². The van der Waals surface area contributed by atoms with Crippen molar-refractivity contribution in [2.24, 2.45) is 0 Å². The number of piperidine rings is 2. The van der Waals surface area contributed by atoms with Crippen LogP contribution >= 0.6 is 0 Å². The van der Waals surface area contributed by atoms with E-state index in [4.69, 9.17) is 4.74 Å². The lowest BCUT2D eigenvalue weighted by Crippen LogP contribution is -2.54. The Labute approximate surface area is 223 Å². The minimum absolute atomic E-state index is 0.0731. The number of ether oxygens (including phenoxy) is 2. The average molecular weight is 547 g/mol. The number of hydrogen-bond donors (Lipinski definition) is 1. The molecule has 0 aliphatic carbocycles. The lowest BCUT2D eigenvalue weighted by molar-refractivity contribution is -0.274. The van der Waals surface area contributed by atoms with Crippen molar-refractivity contribution in [1.82, 2.24) is 19.8 Å². The minimum Gasteiger partial charge on any atom is -0.406 e. The molecule has 208 valence electrons. The predicted molar refractivity (Wildman–Crippen MR) is 135 cm³/mol. The van der Waals surface area contributed by atoms with Crippen molar-refractivity contribution in [3.8, 4) is 5.75 Å². The van der Waals surface area contributed by atoms with Crippen LogP contribution in [-0.2, 0) is 4.74 Å². The molecule has 3 aliphatic rings. The fraction of sp³-hybridized carbons (Fsp3) is 0.500. The van der Waals surface area contributed by atoms with Crippen LogP contribution in [0.25, 0.3) is 11.0 Å². The number of benzene rings is 1. The summed E-state index contributed by atoms with van der Waals surface area (Å²) in [7, 11) is 2.16. The summed E-state index contributed by atoms with van der Waals surface area (Å²) < 4.78 is 62.1. The van der Waals surface area contributed by atoms with Crippen molar-refractivity contribution in [2.45, 2.75) is 56.0 Å². The molecule has 1 amide bonds. The smallest absolute Gasteiger partial charge is 0.406 e. The topological polar surface area (TPSA) is 70.7 Å². The second kappa shape index (κ2) is 10.1. The van der Waals surface area contributed by atoms with Crippen molar-refractivity contribution < 1.29 is 31.8 Å². The van der Waals surface area contributed by atoms with Crippen molar-refractivity contribution in [2.75, 3.05) is 33.4 Å². The number of carbonyl (C=O) groups is 1. The van der Waals surface area contributed by atoms with Crippen LogP contribution in [0.3, 0.4) is 0 Å². The number of nitrogens with one attached hydrogen (secondary N) is 1. The lowest BCUT2D eigenvalue weighted by atomic mass is 9.83. The molecule has 39 heavy (non-hydrogen) atoms. The van der Waals surface area contributed by atoms with E-state index in [-0.39, 0.29) is 29.0 Å². The average Bonchev–Trinajstić information content (AvgIpc) is 3.32. The Morgan fingerprint density at radius 3 is 2.38 bits per heavy atom. The van der Waals surface area contributed by atoms with E-state index >= 15 is 4.39 Å². The molecule has 11 heteroatoms. The van der Waals surface area contributed by atoms with Crippen LogP contribution in [0.4, 0.5) is 17.6 Å². The van der Waals surface area contributed by atoms with Gasteiger partial charge in [0.05, 0.1) is 19.4 Å². The summed E-state index contributed by atoms with van der Waals surface area (Å²) in [6, 6.07) is 7.71. The Hall–Kier alpha value is -3.18. The number of nitrogens with zero attached hydrogens (tertiary/aromatic N) is 3. The number of likely N-dealkylation sites (N-methyl/N-ethyl adjacent to an activating group) is 1. The van der Waals surface area contributed by atoms with Gasteiger partial charge < -0.3 is 19.4 Å². The Balaban J connectivity index is 1.16. The molecule has 2 aromatic heterocycles. The zero-order valence-corrected chi connectivity index (χ0v) is 21.5. The second-order valence-electron chi connectivity index (χ2n) is 10.8. The standard InChI is InChI=1S/C28H30F4N4O3/c1-35-19-10-18(11-20(35)15-38-14-19)24-12-22-25(23(29)13-33-26(22)34-24)16-6-8-36(9-7-16)27(37)17-2-4-21(5-3-17)39-28(30,31)32/h2-5,12-13,16,18-20H,6-11,14-15H2,1H3,(H,33,34). The van der Waals surface area contributed by atoms with Gasteiger partial charge in [-0.3, -0.25) is 9.69 Å². The first-order valence-corrected chi connectivity index (χ1v) is 13.3. The monoisotopic (exact) mass is 546 g/mol. The van der Waals surface area contributed by atoms with Gasteiger partial charge in [-0.25, -0.2) is 9.37 Å². The Bertz CT molecular complexity index is 1340. The highest BCUT2D eigenvalue weighted by Gasteiger charge is 2.38. The summed E-state index contributed by atoms with van der Waals surface area (Å²) in [6.45, 7) is 2.29. The molecule has 0 spiro atoms. The first-order valence-electron chi connectivity index (χ1n) is 13.3. The van der Waals surface area contributed by atoms with E-state index in [2.05, 4.69) is 32.7 Å². The Morgan fingerprint density at radius 1 is 1.08 bits per heavy atom. The molecule has 2 unspecified atom stereocenters. The highest BCUT2D eigenvalue weighted by Crippen LogP contribution is 2.40. The molecule has 7 nitrogen and oxygen atoms in total. The number of aromatic amines is 1. The van der Waals surface area contributed by atoms with Crippen LogP contribution in [0.1, 0.15) is 59.1 Å². The van der Waals surface area contributed by atoms with Gasteiger partial charge in [-0.2, -0.15) is 0 Å². The lowest BCUT2D eigenvalue weighted by Gasteiger charge is -2.46. The third-order valence-electron chi connectivity index (χ3n) is 8.52. The Kier molecular flexibility index (Phi) is 6.74. The molecule has 3 aliphatic heterocycles. The summed E-state index contributed by atoms with van der Waals surface area (Å²) in [4.78, 5) is 24.8. The largest absolute Gasteiger partial charge is 0.573 e. The molecular formula is C28H30F4N4O3. The number of rotatable bonds is 4. The molecule has 2 bridgehead atoms. The number of pyridine rings is 1. The Morgan fingerprint density at radius 2 is 1.74 bits per heavy atom. The molecule has 3 aromatic rings. The van der Waals surface area contributed by atoms with Gasteiger partial charge in [0.1, 0.15) is 17.2 Å². The normalized spacial score (nSPS) is 24.7. The van der Waals surface area contributed by atoms with Gasteiger partial charge in [-0.1, -0.05) is 0 Å². The minimum atomic E-state index is -4.79. The maximum Gasteiger partial charge on any atom is 0.573 e. The van der Waals surface area contributed by atoms with E-state index in [0.29, 0.717) is 55.1 Å². The molecule has 3 saturated heterocycles. The second-order valence-corrected chi connectivity index (χ2v) is 10.8. The maximum absolute atomic E-state index is 15.2. The summed E-state index contributed by atoms with van der Waals surface area (Å²) >= 11 is 0. The number of alkyl halides is 3. The molecule has 0 saturated carbocycles. The van der Waals surface area contributed by atoms with E-state index in [9.17, 15) is 18.0 Å². The summed E-state index contributed by atoms with van der Waals surface area (Å²) in [5.41, 5.74) is 2.69. The van der Waals surface area contributed by atoms with E-state index in [1.165, 1.54) is 18.3 Å². The van der Waals surface area contributed by atoms with Gasteiger partial charge in [0.2, 0.25) is 0 Å². The van der Waals surface area contributed by atoms with E-state index < -0.39 is 6.36 Å². The van der Waals surface area contributed by atoms with Gasteiger partial charge in [0.25, 0.3) is 5.91 Å². The van der Waals surface area contributed by atoms with Gasteiger partial charge in [0.15, 0.2) is 0 Å². The van der Waals surface area contributed by atoms with Crippen LogP contribution < -0.4 is 4.74 Å². The van der Waals surface area contributed by atoms with Gasteiger partial charge in [-0.15, -0.1) is 13.2 Å². The van der Waals surface area contributed by atoms with Crippen LogP contribution in [0.2, 0.25) is 0 Å². The third kappa shape index (κ3) is 5.21. The van der Waals surface area contributed by atoms with Crippen LogP contribution in [0.15, 0.2) is 36.5 Å². The third-order valence-corrected chi connectivity index (χ3v) is 8.52. The number of fused-ring (bicyclic) bond motifs is 3. The van der Waals surface area contributed by atoms with Crippen molar-refractivity contribution >= 4 is 16.9 Å². The van der Waals surface area contributed by atoms with E-state index in [1.807, 2.05) is 0 Å². The molecule has 1 N–H and O–H groups in total. The zero-order valence-electron chi connectivity index (χ0n) is 21.5. The number of morpholine rings is 1. The zero-order chi connectivity index (χ0) is 27.3. The number of halogens is 4. The quantitative estimate of drug-likeness (QED) is 0.456. The fourth-order valence-electron chi connectivity index (χ4n) is 6.43. The van der Waals surface area contributed by atoms with Gasteiger partial charge in [-0.05, 0) is 69.0 Å². The van der Waals surface area contributed by atoms with E-state index in [0.717, 1.165) is 49.3 Å². The first-order chi connectivity index (χ1) is 18.7.